The summed E-state index contributed by atoms with van der Waals surface area (Å²) >= 11 is 1.69. The van der Waals surface area contributed by atoms with Crippen LogP contribution in [-0.4, -0.2) is 30.3 Å². The molecule has 2 aromatic rings. The van der Waals surface area contributed by atoms with E-state index in [2.05, 4.69) is 10.3 Å². The van der Waals surface area contributed by atoms with E-state index < -0.39 is 0 Å². The molecule has 0 aliphatic rings. The fourth-order valence-corrected chi connectivity index (χ4v) is 2.54. The lowest BCUT2D eigenvalue weighted by atomic mass is 10.2. The fraction of sp³-hybridized carbons (Fsp3) is 0.250. The third-order valence-corrected chi connectivity index (χ3v) is 3.88. The molecule has 2 rings (SSSR count). The third kappa shape index (κ3) is 5.11. The Hall–Kier alpha value is -2.01. The van der Waals surface area contributed by atoms with Gasteiger partial charge in [-0.15, -0.1) is 11.8 Å². The molecule has 0 spiro atoms. The number of carbonyl (C=O) groups excluding carboxylic acids is 1. The third-order valence-electron chi connectivity index (χ3n) is 2.85. The molecule has 0 saturated carbocycles. The van der Waals surface area contributed by atoms with Crippen molar-refractivity contribution in [1.82, 2.24) is 10.3 Å². The fourth-order valence-electron chi connectivity index (χ4n) is 1.73. The summed E-state index contributed by atoms with van der Waals surface area (Å²) in [7, 11) is 1.61. The van der Waals surface area contributed by atoms with E-state index in [1.54, 1.807) is 49.3 Å². The van der Waals surface area contributed by atoms with Crippen molar-refractivity contribution in [3.63, 3.8) is 0 Å². The number of rotatable bonds is 7. The second kappa shape index (κ2) is 8.32. The van der Waals surface area contributed by atoms with Crippen LogP contribution < -0.4 is 10.1 Å². The Bertz CT molecular complexity index is 558. The Morgan fingerprint density at radius 1 is 1.24 bits per heavy atom. The average molecular weight is 302 g/mol. The van der Waals surface area contributed by atoms with E-state index in [0.717, 1.165) is 22.9 Å². The number of pyridine rings is 1. The number of amides is 1. The van der Waals surface area contributed by atoms with Gasteiger partial charge in [-0.25, -0.2) is 4.98 Å². The van der Waals surface area contributed by atoms with Crippen LogP contribution in [-0.2, 0) is 0 Å². The molecular weight excluding hydrogens is 284 g/mol. The lowest BCUT2D eigenvalue weighted by molar-refractivity contribution is 0.0954. The van der Waals surface area contributed by atoms with Crippen LogP contribution in [0.5, 0.6) is 5.75 Å². The number of benzene rings is 1. The first-order chi connectivity index (χ1) is 10.3. The molecule has 0 unspecified atom stereocenters. The Morgan fingerprint density at radius 2 is 2.05 bits per heavy atom. The van der Waals surface area contributed by atoms with Crippen molar-refractivity contribution in [2.45, 2.75) is 11.4 Å². The van der Waals surface area contributed by atoms with Crippen molar-refractivity contribution in [2.24, 2.45) is 0 Å². The zero-order valence-corrected chi connectivity index (χ0v) is 12.7. The minimum absolute atomic E-state index is 0.0551. The number of aromatic nitrogens is 1. The van der Waals surface area contributed by atoms with E-state index in [9.17, 15) is 4.79 Å². The molecule has 0 bridgehead atoms. The number of carbonyl (C=O) groups is 1. The van der Waals surface area contributed by atoms with Gasteiger partial charge in [-0.2, -0.15) is 0 Å². The highest BCUT2D eigenvalue weighted by Gasteiger charge is 2.04. The van der Waals surface area contributed by atoms with Crippen LogP contribution in [0.25, 0.3) is 0 Å². The summed E-state index contributed by atoms with van der Waals surface area (Å²) < 4.78 is 5.06. The highest BCUT2D eigenvalue weighted by molar-refractivity contribution is 7.99. The van der Waals surface area contributed by atoms with Crippen LogP contribution >= 0.6 is 11.8 Å². The largest absolute Gasteiger partial charge is 0.497 e. The van der Waals surface area contributed by atoms with Gasteiger partial charge in [0.25, 0.3) is 5.91 Å². The summed E-state index contributed by atoms with van der Waals surface area (Å²) in [6, 6.07) is 13.0. The van der Waals surface area contributed by atoms with Crippen molar-refractivity contribution in [3.8, 4) is 5.75 Å². The van der Waals surface area contributed by atoms with Gasteiger partial charge in [0.2, 0.25) is 0 Å². The molecule has 0 fully saturated rings. The minimum atomic E-state index is -0.0551. The van der Waals surface area contributed by atoms with Crippen molar-refractivity contribution < 1.29 is 9.53 Å². The first-order valence-electron chi connectivity index (χ1n) is 6.75. The highest BCUT2D eigenvalue weighted by atomic mass is 32.2. The molecule has 0 aliphatic heterocycles. The lowest BCUT2D eigenvalue weighted by Gasteiger charge is -2.06. The molecule has 1 N–H and O–H groups in total. The number of thioether (sulfide) groups is 1. The van der Waals surface area contributed by atoms with Crippen LogP contribution in [0.2, 0.25) is 0 Å². The first kappa shape index (κ1) is 15.4. The SMILES string of the molecule is COc1ccc(C(=O)NCCCSc2ccccn2)cc1. The van der Waals surface area contributed by atoms with Crippen LogP contribution in [0, 0.1) is 0 Å². The zero-order chi connectivity index (χ0) is 14.9. The number of ether oxygens (including phenoxy) is 1. The van der Waals surface area contributed by atoms with E-state index in [4.69, 9.17) is 4.74 Å². The van der Waals surface area contributed by atoms with Gasteiger partial charge in [0.05, 0.1) is 12.1 Å². The van der Waals surface area contributed by atoms with Crippen LogP contribution in [0.3, 0.4) is 0 Å². The van der Waals surface area contributed by atoms with Crippen molar-refractivity contribution in [2.75, 3.05) is 19.4 Å². The molecule has 21 heavy (non-hydrogen) atoms. The predicted octanol–water partition coefficient (Wildman–Crippen LogP) is 3.00. The van der Waals surface area contributed by atoms with Gasteiger partial charge >= 0.3 is 0 Å². The highest BCUT2D eigenvalue weighted by Crippen LogP contribution is 2.14. The van der Waals surface area contributed by atoms with Gasteiger partial charge in [-0.3, -0.25) is 4.79 Å². The summed E-state index contributed by atoms with van der Waals surface area (Å²) in [6.07, 6.45) is 2.69. The lowest BCUT2D eigenvalue weighted by Crippen LogP contribution is -2.24. The van der Waals surface area contributed by atoms with E-state index in [1.807, 2.05) is 18.2 Å². The first-order valence-corrected chi connectivity index (χ1v) is 7.74. The Morgan fingerprint density at radius 3 is 2.71 bits per heavy atom. The van der Waals surface area contributed by atoms with Crippen LogP contribution in [0.1, 0.15) is 16.8 Å². The van der Waals surface area contributed by atoms with E-state index in [0.29, 0.717) is 12.1 Å². The maximum atomic E-state index is 11.9. The van der Waals surface area contributed by atoms with E-state index in [1.165, 1.54) is 0 Å². The van der Waals surface area contributed by atoms with Gasteiger partial charge in [0, 0.05) is 24.1 Å². The number of hydrogen-bond acceptors (Lipinski definition) is 4. The van der Waals surface area contributed by atoms with Gasteiger partial charge in [0.15, 0.2) is 0 Å². The maximum Gasteiger partial charge on any atom is 0.251 e. The number of nitrogens with one attached hydrogen (secondary N) is 1. The van der Waals surface area contributed by atoms with Gasteiger partial charge in [-0.05, 0) is 42.8 Å². The normalized spacial score (nSPS) is 10.1. The summed E-state index contributed by atoms with van der Waals surface area (Å²) in [4.78, 5) is 16.1. The summed E-state index contributed by atoms with van der Waals surface area (Å²) in [6.45, 7) is 0.657. The molecule has 1 aromatic carbocycles. The van der Waals surface area contributed by atoms with Crippen molar-refractivity contribution >= 4 is 17.7 Å². The second-order valence-corrected chi connectivity index (χ2v) is 5.47. The second-order valence-electron chi connectivity index (χ2n) is 4.35. The van der Waals surface area contributed by atoms with E-state index in [-0.39, 0.29) is 5.91 Å². The molecular formula is C16H18N2O2S. The molecule has 0 atom stereocenters. The van der Waals surface area contributed by atoms with Crippen molar-refractivity contribution in [1.29, 1.82) is 0 Å². The molecule has 1 aromatic heterocycles. The summed E-state index contributed by atoms with van der Waals surface area (Å²) in [5, 5.41) is 3.92. The molecule has 0 aliphatic carbocycles. The molecule has 0 saturated heterocycles. The van der Waals surface area contributed by atoms with Gasteiger partial charge in [-0.1, -0.05) is 6.07 Å². The number of nitrogens with zero attached hydrogens (tertiary/aromatic N) is 1. The molecule has 5 heteroatoms. The van der Waals surface area contributed by atoms with Crippen LogP contribution in [0.4, 0.5) is 0 Å². The number of hydrogen-bond donors (Lipinski definition) is 1. The topological polar surface area (TPSA) is 51.2 Å². The molecule has 1 amide bonds. The molecule has 1 heterocycles. The number of methoxy groups -OCH3 is 1. The summed E-state index contributed by atoms with van der Waals surface area (Å²) in [5.41, 5.74) is 0.646. The standard InChI is InChI=1S/C16H18N2O2S/c1-20-14-8-6-13(7-9-14)16(19)18-11-4-12-21-15-5-2-3-10-17-15/h2-3,5-10H,4,11-12H2,1H3,(H,18,19). The monoisotopic (exact) mass is 302 g/mol. The van der Waals surface area contributed by atoms with Gasteiger partial charge < -0.3 is 10.1 Å². The Kier molecular flexibility index (Phi) is 6.09. The summed E-state index contributed by atoms with van der Waals surface area (Å²) in [5.74, 6) is 1.62. The average Bonchev–Trinajstić information content (AvgIpc) is 2.55. The van der Waals surface area contributed by atoms with Crippen LogP contribution in [0.15, 0.2) is 53.7 Å². The predicted molar refractivity (Wildman–Crippen MR) is 84.9 cm³/mol. The quantitative estimate of drug-likeness (QED) is 0.631. The minimum Gasteiger partial charge on any atom is -0.497 e. The van der Waals surface area contributed by atoms with Crippen molar-refractivity contribution in [3.05, 3.63) is 54.2 Å². The Balaban J connectivity index is 1.67. The smallest absolute Gasteiger partial charge is 0.251 e. The molecule has 110 valence electrons. The maximum absolute atomic E-state index is 11.9. The zero-order valence-electron chi connectivity index (χ0n) is 11.9. The molecule has 4 nitrogen and oxygen atoms in total. The molecule has 0 radical (unpaired) electrons. The Labute approximate surface area is 128 Å². The van der Waals surface area contributed by atoms with E-state index >= 15 is 0 Å². The van der Waals surface area contributed by atoms with Gasteiger partial charge in [0.1, 0.15) is 5.75 Å².